The minimum absolute atomic E-state index is 0.196. The Labute approximate surface area is 211 Å². The normalized spacial score (nSPS) is 11.3. The van der Waals surface area contributed by atoms with Crippen LogP contribution >= 0.6 is 22.9 Å². The van der Waals surface area contributed by atoms with Gasteiger partial charge in [-0.25, -0.2) is 4.98 Å². The van der Waals surface area contributed by atoms with Crippen LogP contribution in [0, 0.1) is 0 Å². The summed E-state index contributed by atoms with van der Waals surface area (Å²) in [7, 11) is 0. The van der Waals surface area contributed by atoms with Gasteiger partial charge in [-0.05, 0) is 36.4 Å². The number of nitrogens with zero attached hydrogens (tertiary/aromatic N) is 4. The molecule has 0 saturated carbocycles. The molecule has 4 N–H and O–H groups in total. The summed E-state index contributed by atoms with van der Waals surface area (Å²) in [5.74, 6) is 0.606. The van der Waals surface area contributed by atoms with Crippen LogP contribution in [0.15, 0.2) is 101 Å². The lowest BCUT2D eigenvalue weighted by Crippen LogP contribution is -2.22. The van der Waals surface area contributed by atoms with Gasteiger partial charge < -0.3 is 16.4 Å². The van der Waals surface area contributed by atoms with E-state index < -0.39 is 0 Å². The Kier molecular flexibility index (Phi) is 6.65. The number of nitrogens with one attached hydrogen (secondary N) is 2. The molecule has 5 aromatic rings. The fraction of sp³-hybridized carbons (Fsp3) is 0. The first-order valence-electron chi connectivity index (χ1n) is 10.7. The van der Waals surface area contributed by atoms with Crippen molar-refractivity contribution in [3.63, 3.8) is 0 Å². The monoisotopic (exact) mass is 497 g/mol. The molecule has 2 heterocycles. The summed E-state index contributed by atoms with van der Waals surface area (Å²) >= 11 is 7.50. The molecule has 0 saturated heterocycles. The Morgan fingerprint density at radius 1 is 0.771 bits per heavy atom. The average Bonchev–Trinajstić information content (AvgIpc) is 3.35. The maximum absolute atomic E-state index is 6.16. The van der Waals surface area contributed by atoms with Gasteiger partial charge in [-0.15, -0.1) is 21.5 Å². The highest BCUT2D eigenvalue weighted by atomic mass is 35.5. The minimum Gasteiger partial charge on any atom is -0.369 e. The molecule has 0 fully saturated rings. The standard InChI is InChI=1S/C26H20ClN7S/c27-19-12-10-18(11-13-19)23-16-35-26(31-23)30-22-9-5-4-8-21(22)29-25(28)32-24-15-14-20(33-34-24)17-6-2-1-3-7-17/h1-16H,(H,30,31)(H3,28,29,32,34). The third-order valence-electron chi connectivity index (χ3n) is 5.03. The molecule has 0 aliphatic rings. The van der Waals surface area contributed by atoms with E-state index in [1.165, 1.54) is 11.3 Å². The molecule has 0 aliphatic carbocycles. The van der Waals surface area contributed by atoms with Crippen molar-refractivity contribution in [2.45, 2.75) is 0 Å². The number of para-hydroxylation sites is 2. The Morgan fingerprint density at radius 2 is 1.49 bits per heavy atom. The van der Waals surface area contributed by atoms with Crippen molar-refractivity contribution in [2.75, 3.05) is 10.6 Å². The molecule has 9 heteroatoms. The SMILES string of the molecule is NC(=Nc1ccc(-c2ccccc2)nn1)Nc1ccccc1Nc1nc(-c2ccc(Cl)cc2)cs1. The molecule has 0 spiro atoms. The number of guanidine groups is 1. The number of halogens is 1. The lowest BCUT2D eigenvalue weighted by Gasteiger charge is -2.11. The summed E-state index contributed by atoms with van der Waals surface area (Å²) in [5, 5.41) is 18.3. The van der Waals surface area contributed by atoms with Crippen LogP contribution in [-0.4, -0.2) is 21.1 Å². The third-order valence-corrected chi connectivity index (χ3v) is 6.04. The number of nitrogens with two attached hydrogens (primary N) is 1. The lowest BCUT2D eigenvalue weighted by molar-refractivity contribution is 1.03. The summed E-state index contributed by atoms with van der Waals surface area (Å²) < 4.78 is 0. The average molecular weight is 498 g/mol. The Balaban J connectivity index is 1.29. The largest absolute Gasteiger partial charge is 0.369 e. The van der Waals surface area contributed by atoms with Crippen LogP contribution in [0.4, 0.5) is 22.3 Å². The van der Waals surface area contributed by atoms with Crippen molar-refractivity contribution in [3.05, 3.63) is 101 Å². The van der Waals surface area contributed by atoms with E-state index in [1.807, 2.05) is 90.3 Å². The van der Waals surface area contributed by atoms with Gasteiger partial charge in [0.2, 0.25) is 0 Å². The van der Waals surface area contributed by atoms with E-state index in [1.54, 1.807) is 6.07 Å². The van der Waals surface area contributed by atoms with Gasteiger partial charge in [-0.3, -0.25) is 0 Å². The number of hydrogen-bond donors (Lipinski definition) is 3. The van der Waals surface area contributed by atoms with E-state index in [4.69, 9.17) is 17.3 Å². The number of rotatable bonds is 6. The van der Waals surface area contributed by atoms with Gasteiger partial charge in [-0.2, -0.15) is 4.99 Å². The van der Waals surface area contributed by atoms with Crippen molar-refractivity contribution in [1.82, 2.24) is 15.2 Å². The maximum Gasteiger partial charge on any atom is 0.199 e. The number of anilines is 3. The van der Waals surface area contributed by atoms with Gasteiger partial charge in [-0.1, -0.05) is 66.2 Å². The lowest BCUT2D eigenvalue weighted by atomic mass is 10.1. The van der Waals surface area contributed by atoms with Crippen LogP contribution < -0.4 is 16.4 Å². The van der Waals surface area contributed by atoms with Gasteiger partial charge >= 0.3 is 0 Å². The molecular weight excluding hydrogens is 478 g/mol. The van der Waals surface area contributed by atoms with Crippen molar-refractivity contribution in [2.24, 2.45) is 10.7 Å². The molecule has 0 bridgehead atoms. The van der Waals surface area contributed by atoms with E-state index in [-0.39, 0.29) is 5.96 Å². The smallest absolute Gasteiger partial charge is 0.199 e. The second kappa shape index (κ2) is 10.3. The first kappa shape index (κ1) is 22.5. The quantitative estimate of drug-likeness (QED) is 0.178. The number of thiazole rings is 1. The first-order valence-corrected chi connectivity index (χ1v) is 12.0. The maximum atomic E-state index is 6.16. The Hall–Kier alpha value is -4.27. The zero-order chi connectivity index (χ0) is 24.0. The van der Waals surface area contributed by atoms with Crippen LogP contribution in [0.3, 0.4) is 0 Å². The molecule has 0 radical (unpaired) electrons. The molecule has 0 unspecified atom stereocenters. The predicted molar refractivity (Wildman–Crippen MR) is 145 cm³/mol. The molecule has 35 heavy (non-hydrogen) atoms. The molecule has 2 aromatic heterocycles. The Morgan fingerprint density at radius 3 is 2.23 bits per heavy atom. The second-order valence-corrected chi connectivity index (χ2v) is 8.77. The second-order valence-electron chi connectivity index (χ2n) is 7.48. The fourth-order valence-corrected chi connectivity index (χ4v) is 4.20. The van der Waals surface area contributed by atoms with E-state index in [0.717, 1.165) is 39.0 Å². The molecule has 172 valence electrons. The van der Waals surface area contributed by atoms with E-state index in [9.17, 15) is 0 Å². The number of benzene rings is 3. The third kappa shape index (κ3) is 5.63. The van der Waals surface area contributed by atoms with Crippen LogP contribution in [0.2, 0.25) is 5.02 Å². The zero-order valence-corrected chi connectivity index (χ0v) is 20.0. The van der Waals surface area contributed by atoms with Gasteiger partial charge in [0.05, 0.1) is 22.8 Å². The molecule has 7 nitrogen and oxygen atoms in total. The van der Waals surface area contributed by atoms with Crippen molar-refractivity contribution < 1.29 is 0 Å². The highest BCUT2D eigenvalue weighted by Crippen LogP contribution is 2.30. The van der Waals surface area contributed by atoms with Gasteiger partial charge in [0, 0.05) is 21.5 Å². The summed E-state index contributed by atoms with van der Waals surface area (Å²) in [6.45, 7) is 0. The zero-order valence-electron chi connectivity index (χ0n) is 18.4. The number of aliphatic imine (C=N–C) groups is 1. The molecule has 3 aromatic carbocycles. The summed E-state index contributed by atoms with van der Waals surface area (Å²) in [4.78, 5) is 9.03. The summed E-state index contributed by atoms with van der Waals surface area (Å²) in [6, 6.07) is 28.8. The van der Waals surface area contributed by atoms with E-state index in [0.29, 0.717) is 10.8 Å². The van der Waals surface area contributed by atoms with Crippen molar-refractivity contribution >= 4 is 51.2 Å². The molecule has 5 rings (SSSR count). The van der Waals surface area contributed by atoms with Crippen LogP contribution in [0.1, 0.15) is 0 Å². The van der Waals surface area contributed by atoms with Crippen LogP contribution in [0.5, 0.6) is 0 Å². The van der Waals surface area contributed by atoms with E-state index >= 15 is 0 Å². The summed E-state index contributed by atoms with van der Waals surface area (Å²) in [6.07, 6.45) is 0. The first-order chi connectivity index (χ1) is 17.1. The summed E-state index contributed by atoms with van der Waals surface area (Å²) in [5.41, 5.74) is 11.4. The predicted octanol–water partition coefficient (Wildman–Crippen LogP) is 6.72. The minimum atomic E-state index is 0.196. The van der Waals surface area contributed by atoms with Crippen molar-refractivity contribution in [3.8, 4) is 22.5 Å². The number of hydrogen-bond acceptors (Lipinski definition) is 6. The highest BCUT2D eigenvalue weighted by Gasteiger charge is 2.09. The fourth-order valence-electron chi connectivity index (χ4n) is 3.34. The van der Waals surface area contributed by atoms with Crippen LogP contribution in [0.25, 0.3) is 22.5 Å². The van der Waals surface area contributed by atoms with Crippen molar-refractivity contribution in [1.29, 1.82) is 0 Å². The topological polar surface area (TPSA) is 101 Å². The van der Waals surface area contributed by atoms with Crippen LogP contribution in [-0.2, 0) is 0 Å². The molecular formula is C26H20ClN7S. The Bertz CT molecular complexity index is 1450. The molecule has 0 amide bonds. The highest BCUT2D eigenvalue weighted by molar-refractivity contribution is 7.14. The van der Waals surface area contributed by atoms with E-state index in [2.05, 4.69) is 30.8 Å². The molecule has 0 aliphatic heterocycles. The molecule has 0 atom stereocenters. The van der Waals surface area contributed by atoms with Gasteiger partial charge in [0.15, 0.2) is 16.9 Å². The van der Waals surface area contributed by atoms with Gasteiger partial charge in [0.25, 0.3) is 0 Å². The van der Waals surface area contributed by atoms with Gasteiger partial charge in [0.1, 0.15) is 0 Å². The number of aromatic nitrogens is 3.